The lowest BCUT2D eigenvalue weighted by molar-refractivity contribution is 0.174. The second kappa shape index (κ2) is 7.59. The van der Waals surface area contributed by atoms with Crippen LogP contribution in [0.2, 0.25) is 0 Å². The van der Waals surface area contributed by atoms with Gasteiger partial charge in [0.05, 0.1) is 0 Å². The van der Waals surface area contributed by atoms with Gasteiger partial charge in [0.1, 0.15) is 0 Å². The normalized spacial score (nSPS) is 17.7. The van der Waals surface area contributed by atoms with Gasteiger partial charge in [0.15, 0.2) is 17.5 Å². The van der Waals surface area contributed by atoms with Crippen LogP contribution in [-0.4, -0.2) is 32.9 Å². The van der Waals surface area contributed by atoms with Gasteiger partial charge in [0, 0.05) is 25.6 Å². The van der Waals surface area contributed by atoms with Gasteiger partial charge < -0.3 is 20.1 Å². The Labute approximate surface area is 155 Å². The van der Waals surface area contributed by atoms with E-state index in [0.29, 0.717) is 12.7 Å². The Balaban J connectivity index is 0.00000192. The summed E-state index contributed by atoms with van der Waals surface area (Å²) in [5.74, 6) is 3.19. The summed E-state index contributed by atoms with van der Waals surface area (Å²) < 4.78 is 10.9. The Kier molecular flexibility index (Phi) is 6.00. The lowest BCUT2D eigenvalue weighted by Crippen LogP contribution is -2.42. The van der Waals surface area contributed by atoms with Gasteiger partial charge in [-0.1, -0.05) is 19.9 Å². The fraction of sp³-hybridized carbons (Fsp3) is 0.588. The number of halogens is 1. The van der Waals surface area contributed by atoms with Gasteiger partial charge >= 0.3 is 0 Å². The minimum absolute atomic E-state index is 0. The van der Waals surface area contributed by atoms with Gasteiger partial charge in [-0.25, -0.2) is 0 Å². The lowest BCUT2D eigenvalue weighted by atomic mass is 9.95. The summed E-state index contributed by atoms with van der Waals surface area (Å²) in [6.45, 7) is 6.53. The number of benzene rings is 1. The molecular weight excluding hydrogens is 405 g/mol. The summed E-state index contributed by atoms with van der Waals surface area (Å²) in [5.41, 5.74) is 1.53. The molecule has 3 rings (SSSR count). The first-order valence-electron chi connectivity index (χ1n) is 7.98. The third-order valence-electron chi connectivity index (χ3n) is 4.33. The number of rotatable bonds is 5. The maximum absolute atomic E-state index is 5.50. The van der Waals surface area contributed by atoms with E-state index in [1.807, 2.05) is 13.1 Å². The van der Waals surface area contributed by atoms with Crippen molar-refractivity contribution in [3.8, 4) is 11.5 Å². The predicted molar refractivity (Wildman–Crippen MR) is 103 cm³/mol. The monoisotopic (exact) mass is 431 g/mol. The molecule has 1 aliphatic carbocycles. The predicted octanol–water partition coefficient (Wildman–Crippen LogP) is 2.89. The van der Waals surface area contributed by atoms with E-state index in [2.05, 4.69) is 41.6 Å². The highest BCUT2D eigenvalue weighted by atomic mass is 127. The Bertz CT molecular complexity index is 571. The SMILES string of the molecule is CN=C(NCC(C)C)NCC1(c2ccc3c(c2)OCO3)CC1.I. The first kappa shape index (κ1) is 18.2. The molecule has 0 aromatic heterocycles. The fourth-order valence-electron chi connectivity index (χ4n) is 2.72. The Hall–Kier alpha value is -1.18. The molecule has 0 radical (unpaired) electrons. The third-order valence-corrected chi connectivity index (χ3v) is 4.33. The molecular formula is C17H26IN3O2. The molecule has 1 saturated carbocycles. The maximum atomic E-state index is 5.50. The number of ether oxygens (including phenoxy) is 2. The highest BCUT2D eigenvalue weighted by Crippen LogP contribution is 2.49. The number of hydrogen-bond acceptors (Lipinski definition) is 3. The second-order valence-electron chi connectivity index (χ2n) is 6.55. The average molecular weight is 431 g/mol. The highest BCUT2D eigenvalue weighted by molar-refractivity contribution is 14.0. The minimum atomic E-state index is 0. The second-order valence-corrected chi connectivity index (χ2v) is 6.55. The molecule has 23 heavy (non-hydrogen) atoms. The fourth-order valence-corrected chi connectivity index (χ4v) is 2.72. The summed E-state index contributed by atoms with van der Waals surface area (Å²) in [7, 11) is 1.82. The van der Waals surface area contributed by atoms with Crippen molar-refractivity contribution in [2.24, 2.45) is 10.9 Å². The van der Waals surface area contributed by atoms with Crippen LogP contribution in [0, 0.1) is 5.92 Å². The number of guanidine groups is 1. The van der Waals surface area contributed by atoms with Gasteiger partial charge in [-0.2, -0.15) is 0 Å². The number of nitrogens with zero attached hydrogens (tertiary/aromatic N) is 1. The molecule has 6 heteroatoms. The van der Waals surface area contributed by atoms with Gasteiger partial charge in [-0.05, 0) is 36.5 Å². The zero-order valence-corrected chi connectivity index (χ0v) is 16.3. The molecule has 0 atom stereocenters. The number of fused-ring (bicyclic) bond motifs is 1. The van der Waals surface area contributed by atoms with E-state index >= 15 is 0 Å². The maximum Gasteiger partial charge on any atom is 0.231 e. The molecule has 2 aliphatic rings. The van der Waals surface area contributed by atoms with E-state index in [-0.39, 0.29) is 29.4 Å². The first-order chi connectivity index (χ1) is 10.6. The van der Waals surface area contributed by atoms with Crippen LogP contribution in [-0.2, 0) is 5.41 Å². The zero-order chi connectivity index (χ0) is 15.6. The number of nitrogens with one attached hydrogen (secondary N) is 2. The van der Waals surface area contributed by atoms with Crippen LogP contribution in [0.25, 0.3) is 0 Å². The molecule has 2 N–H and O–H groups in total. The molecule has 1 aliphatic heterocycles. The van der Waals surface area contributed by atoms with E-state index < -0.39 is 0 Å². The quantitative estimate of drug-likeness (QED) is 0.428. The van der Waals surface area contributed by atoms with Crippen molar-refractivity contribution in [1.29, 1.82) is 0 Å². The van der Waals surface area contributed by atoms with Crippen molar-refractivity contribution in [2.45, 2.75) is 32.1 Å². The molecule has 0 saturated heterocycles. The summed E-state index contributed by atoms with van der Waals surface area (Å²) in [4.78, 5) is 4.29. The van der Waals surface area contributed by atoms with Crippen molar-refractivity contribution < 1.29 is 9.47 Å². The minimum Gasteiger partial charge on any atom is -0.454 e. The van der Waals surface area contributed by atoms with E-state index in [9.17, 15) is 0 Å². The van der Waals surface area contributed by atoms with Crippen molar-refractivity contribution in [3.05, 3.63) is 23.8 Å². The molecule has 128 valence electrons. The third kappa shape index (κ3) is 4.22. The number of hydrogen-bond donors (Lipinski definition) is 2. The van der Waals surface area contributed by atoms with Gasteiger partial charge in [0.2, 0.25) is 6.79 Å². The van der Waals surface area contributed by atoms with Gasteiger partial charge in [0.25, 0.3) is 0 Å². The Morgan fingerprint density at radius 2 is 1.96 bits per heavy atom. The van der Waals surface area contributed by atoms with Crippen LogP contribution in [0.3, 0.4) is 0 Å². The summed E-state index contributed by atoms with van der Waals surface area (Å²) in [5, 5.41) is 6.82. The van der Waals surface area contributed by atoms with Crippen LogP contribution in [0.4, 0.5) is 0 Å². The topological polar surface area (TPSA) is 54.9 Å². The molecule has 1 aromatic rings. The molecule has 1 aromatic carbocycles. The molecule has 5 nitrogen and oxygen atoms in total. The van der Waals surface area contributed by atoms with E-state index in [1.54, 1.807) is 0 Å². The summed E-state index contributed by atoms with van der Waals surface area (Å²) in [6.07, 6.45) is 2.39. The van der Waals surface area contributed by atoms with E-state index in [0.717, 1.165) is 30.5 Å². The largest absolute Gasteiger partial charge is 0.454 e. The molecule has 1 fully saturated rings. The molecule has 0 bridgehead atoms. The number of aliphatic imine (C=N–C) groups is 1. The highest BCUT2D eigenvalue weighted by Gasteiger charge is 2.44. The summed E-state index contributed by atoms with van der Waals surface area (Å²) in [6, 6.07) is 6.30. The van der Waals surface area contributed by atoms with Crippen LogP contribution in [0.5, 0.6) is 11.5 Å². The molecule has 0 unspecified atom stereocenters. The Morgan fingerprint density at radius 1 is 1.22 bits per heavy atom. The standard InChI is InChI=1S/C17H25N3O2.HI/c1-12(2)9-19-16(18-3)20-10-17(6-7-17)13-4-5-14-15(8-13)22-11-21-14;/h4-5,8,12H,6-7,9-11H2,1-3H3,(H2,18,19,20);1H. The van der Waals surface area contributed by atoms with Crippen LogP contribution in [0.1, 0.15) is 32.3 Å². The smallest absolute Gasteiger partial charge is 0.231 e. The van der Waals surface area contributed by atoms with Crippen molar-refractivity contribution in [2.75, 3.05) is 26.9 Å². The van der Waals surface area contributed by atoms with Gasteiger partial charge in [-0.3, -0.25) is 4.99 Å². The molecule has 0 spiro atoms. The van der Waals surface area contributed by atoms with E-state index in [4.69, 9.17) is 9.47 Å². The first-order valence-corrected chi connectivity index (χ1v) is 7.98. The van der Waals surface area contributed by atoms with Crippen LogP contribution < -0.4 is 20.1 Å². The van der Waals surface area contributed by atoms with Crippen molar-refractivity contribution >= 4 is 29.9 Å². The molecule has 1 heterocycles. The van der Waals surface area contributed by atoms with Crippen molar-refractivity contribution in [3.63, 3.8) is 0 Å². The van der Waals surface area contributed by atoms with Crippen molar-refractivity contribution in [1.82, 2.24) is 10.6 Å². The van der Waals surface area contributed by atoms with Crippen LogP contribution in [0.15, 0.2) is 23.2 Å². The summed E-state index contributed by atoms with van der Waals surface area (Å²) >= 11 is 0. The van der Waals surface area contributed by atoms with Crippen LogP contribution >= 0.6 is 24.0 Å². The van der Waals surface area contributed by atoms with E-state index in [1.165, 1.54) is 18.4 Å². The van der Waals surface area contributed by atoms with Gasteiger partial charge in [-0.15, -0.1) is 24.0 Å². The molecule has 0 amide bonds. The zero-order valence-electron chi connectivity index (χ0n) is 14.0. The Morgan fingerprint density at radius 3 is 2.61 bits per heavy atom. The lowest BCUT2D eigenvalue weighted by Gasteiger charge is -2.20. The average Bonchev–Trinajstić information content (AvgIpc) is 3.16.